The van der Waals surface area contributed by atoms with E-state index in [1.54, 1.807) is 0 Å². The molecule has 2 nitrogen and oxygen atoms in total. The summed E-state index contributed by atoms with van der Waals surface area (Å²) in [6.07, 6.45) is 2.23. The number of hydrogen-bond acceptors (Lipinski definition) is 3. The lowest BCUT2D eigenvalue weighted by atomic mass is 10.2. The van der Waals surface area contributed by atoms with E-state index in [4.69, 9.17) is 5.73 Å². The van der Waals surface area contributed by atoms with Crippen LogP contribution in [-0.2, 0) is 5.75 Å². The molecule has 17 heavy (non-hydrogen) atoms. The van der Waals surface area contributed by atoms with E-state index in [1.165, 1.54) is 11.3 Å². The molecule has 0 radical (unpaired) electrons. The average Bonchev–Trinajstić information content (AvgIpc) is 2.33. The third-order valence-electron chi connectivity index (χ3n) is 2.50. The second-order valence-corrected chi connectivity index (χ2v) is 6.04. The summed E-state index contributed by atoms with van der Waals surface area (Å²) in [6.45, 7) is 6.26. The first-order valence-corrected chi connectivity index (χ1v) is 7.41. The van der Waals surface area contributed by atoms with Crippen molar-refractivity contribution in [3.8, 4) is 0 Å². The molecule has 0 saturated heterocycles. The number of hydrogen-bond donors (Lipinski definition) is 2. The fourth-order valence-electron chi connectivity index (χ4n) is 1.48. The van der Waals surface area contributed by atoms with Crippen molar-refractivity contribution in [2.24, 2.45) is 5.73 Å². The van der Waals surface area contributed by atoms with E-state index >= 15 is 0 Å². The van der Waals surface area contributed by atoms with E-state index in [0.717, 1.165) is 31.7 Å². The molecule has 1 rings (SSSR count). The highest BCUT2D eigenvalue weighted by Gasteiger charge is 1.97. The van der Waals surface area contributed by atoms with Crippen molar-refractivity contribution in [3.05, 3.63) is 29.8 Å². The molecule has 0 heterocycles. The number of anilines is 1. The van der Waals surface area contributed by atoms with Crippen LogP contribution >= 0.6 is 11.8 Å². The van der Waals surface area contributed by atoms with Crippen molar-refractivity contribution < 1.29 is 0 Å². The molecule has 0 atom stereocenters. The van der Waals surface area contributed by atoms with E-state index in [0.29, 0.717) is 5.25 Å². The fourth-order valence-corrected chi connectivity index (χ4v) is 2.20. The number of nitrogens with two attached hydrogens (primary N) is 1. The Bertz CT molecular complexity index is 296. The molecule has 1 aromatic rings. The van der Waals surface area contributed by atoms with E-state index in [9.17, 15) is 0 Å². The van der Waals surface area contributed by atoms with Crippen LogP contribution in [0.5, 0.6) is 0 Å². The molecule has 0 spiro atoms. The second-order valence-electron chi connectivity index (χ2n) is 4.48. The Labute approximate surface area is 109 Å². The summed E-state index contributed by atoms with van der Waals surface area (Å²) in [5.41, 5.74) is 8.06. The summed E-state index contributed by atoms with van der Waals surface area (Å²) < 4.78 is 0. The quantitative estimate of drug-likeness (QED) is 0.696. The number of nitrogens with one attached hydrogen (secondary N) is 1. The zero-order valence-corrected chi connectivity index (χ0v) is 11.7. The maximum atomic E-state index is 5.46. The predicted octanol–water partition coefficient (Wildman–Crippen LogP) is 3.48. The highest BCUT2D eigenvalue weighted by Crippen LogP contribution is 2.18. The maximum Gasteiger partial charge on any atom is 0.0340 e. The van der Waals surface area contributed by atoms with Gasteiger partial charge in [0.05, 0.1) is 0 Å². The molecule has 3 heteroatoms. The molecular formula is C14H24N2S. The Hall–Kier alpha value is -0.670. The van der Waals surface area contributed by atoms with Crippen molar-refractivity contribution in [1.29, 1.82) is 0 Å². The van der Waals surface area contributed by atoms with Crippen LogP contribution in [0.4, 0.5) is 5.69 Å². The Morgan fingerprint density at radius 2 is 1.88 bits per heavy atom. The van der Waals surface area contributed by atoms with Crippen molar-refractivity contribution >= 4 is 17.4 Å². The van der Waals surface area contributed by atoms with Crippen LogP contribution < -0.4 is 11.1 Å². The first-order chi connectivity index (χ1) is 8.22. The number of benzene rings is 1. The van der Waals surface area contributed by atoms with Crippen LogP contribution in [0.1, 0.15) is 32.3 Å². The van der Waals surface area contributed by atoms with Gasteiger partial charge in [0.15, 0.2) is 0 Å². The lowest BCUT2D eigenvalue weighted by Crippen LogP contribution is -2.05. The summed E-state index contributed by atoms with van der Waals surface area (Å²) in [7, 11) is 0. The maximum absolute atomic E-state index is 5.46. The van der Waals surface area contributed by atoms with Gasteiger partial charge < -0.3 is 11.1 Å². The lowest BCUT2D eigenvalue weighted by Gasteiger charge is -2.08. The van der Waals surface area contributed by atoms with E-state index in [2.05, 4.69) is 43.4 Å². The summed E-state index contributed by atoms with van der Waals surface area (Å²) in [5.74, 6) is 1.10. The molecular weight excluding hydrogens is 228 g/mol. The van der Waals surface area contributed by atoms with Crippen LogP contribution in [0.25, 0.3) is 0 Å². The number of thioether (sulfide) groups is 1. The molecule has 0 bridgehead atoms. The van der Waals surface area contributed by atoms with Crippen molar-refractivity contribution in [2.75, 3.05) is 18.4 Å². The zero-order chi connectivity index (χ0) is 12.5. The van der Waals surface area contributed by atoms with Crippen molar-refractivity contribution in [3.63, 3.8) is 0 Å². The molecule has 0 amide bonds. The molecule has 0 aliphatic carbocycles. The Balaban J connectivity index is 2.29. The molecule has 0 aliphatic rings. The van der Waals surface area contributed by atoms with Crippen LogP contribution in [0.2, 0.25) is 0 Å². The third-order valence-corrected chi connectivity index (χ3v) is 3.66. The lowest BCUT2D eigenvalue weighted by molar-refractivity contribution is 0.774. The Morgan fingerprint density at radius 1 is 1.18 bits per heavy atom. The monoisotopic (exact) mass is 252 g/mol. The highest BCUT2D eigenvalue weighted by molar-refractivity contribution is 7.99. The van der Waals surface area contributed by atoms with Gasteiger partial charge in [-0.3, -0.25) is 0 Å². The topological polar surface area (TPSA) is 38.0 Å². The van der Waals surface area contributed by atoms with Crippen LogP contribution in [0.15, 0.2) is 24.3 Å². The molecule has 96 valence electrons. The van der Waals surface area contributed by atoms with Crippen LogP contribution in [0, 0.1) is 0 Å². The summed E-state index contributed by atoms with van der Waals surface area (Å²) in [5, 5.41) is 4.11. The van der Waals surface area contributed by atoms with Gasteiger partial charge in [-0.2, -0.15) is 11.8 Å². The highest BCUT2D eigenvalue weighted by atomic mass is 32.2. The normalized spacial score (nSPS) is 10.8. The molecule has 0 aromatic heterocycles. The zero-order valence-electron chi connectivity index (χ0n) is 10.9. The fraction of sp³-hybridized carbons (Fsp3) is 0.571. The van der Waals surface area contributed by atoms with Gasteiger partial charge in [-0.15, -0.1) is 0 Å². The van der Waals surface area contributed by atoms with Gasteiger partial charge in [-0.25, -0.2) is 0 Å². The molecule has 0 saturated carbocycles. The first-order valence-electron chi connectivity index (χ1n) is 6.37. The molecule has 0 aliphatic heterocycles. The van der Waals surface area contributed by atoms with E-state index in [-0.39, 0.29) is 0 Å². The number of unbranched alkanes of at least 4 members (excludes halogenated alkanes) is 1. The standard InChI is InChI=1S/C14H24N2S/c1-12(2)17-11-13-5-7-14(8-6-13)16-10-4-3-9-15/h5-8,12,16H,3-4,9-11,15H2,1-2H3. The minimum atomic E-state index is 0.698. The van der Waals surface area contributed by atoms with Gasteiger partial charge in [-0.1, -0.05) is 26.0 Å². The van der Waals surface area contributed by atoms with Gasteiger partial charge in [0.1, 0.15) is 0 Å². The smallest absolute Gasteiger partial charge is 0.0340 e. The first kappa shape index (κ1) is 14.4. The minimum Gasteiger partial charge on any atom is -0.385 e. The molecule has 0 fully saturated rings. The SMILES string of the molecule is CC(C)SCc1ccc(NCCCCN)cc1. The van der Waals surface area contributed by atoms with Gasteiger partial charge in [0.25, 0.3) is 0 Å². The Kier molecular flexibility index (Phi) is 7.13. The Morgan fingerprint density at radius 3 is 2.47 bits per heavy atom. The third kappa shape index (κ3) is 6.59. The predicted molar refractivity (Wildman–Crippen MR) is 79.7 cm³/mol. The van der Waals surface area contributed by atoms with Crippen molar-refractivity contribution in [1.82, 2.24) is 0 Å². The largest absolute Gasteiger partial charge is 0.385 e. The van der Waals surface area contributed by atoms with Crippen molar-refractivity contribution in [2.45, 2.75) is 37.7 Å². The van der Waals surface area contributed by atoms with Gasteiger partial charge in [-0.05, 0) is 42.3 Å². The van der Waals surface area contributed by atoms with Gasteiger partial charge >= 0.3 is 0 Å². The van der Waals surface area contributed by atoms with Crippen LogP contribution in [-0.4, -0.2) is 18.3 Å². The van der Waals surface area contributed by atoms with Gasteiger partial charge in [0, 0.05) is 18.0 Å². The molecule has 0 unspecified atom stereocenters. The van der Waals surface area contributed by atoms with Crippen LogP contribution in [0.3, 0.4) is 0 Å². The second kappa shape index (κ2) is 8.43. The molecule has 1 aromatic carbocycles. The molecule has 3 N–H and O–H groups in total. The van der Waals surface area contributed by atoms with E-state index < -0.39 is 0 Å². The average molecular weight is 252 g/mol. The summed E-state index contributed by atoms with van der Waals surface area (Å²) >= 11 is 1.98. The van der Waals surface area contributed by atoms with E-state index in [1.807, 2.05) is 11.8 Å². The minimum absolute atomic E-state index is 0.698. The van der Waals surface area contributed by atoms with Gasteiger partial charge in [0.2, 0.25) is 0 Å². The number of rotatable bonds is 8. The summed E-state index contributed by atoms with van der Waals surface area (Å²) in [4.78, 5) is 0. The summed E-state index contributed by atoms with van der Waals surface area (Å²) in [6, 6.07) is 8.75.